The second-order valence-electron chi connectivity index (χ2n) is 11.5. The van der Waals surface area contributed by atoms with E-state index in [4.69, 9.17) is 18.9 Å². The van der Waals surface area contributed by atoms with E-state index in [9.17, 15) is 9.59 Å². The number of carbonyl (C=O) groups excluding carboxylic acids is 2. The third kappa shape index (κ3) is 5.62. The molecular weight excluding hydrogens is 568 g/mol. The van der Waals surface area contributed by atoms with Crippen molar-refractivity contribution in [2.75, 3.05) is 32.8 Å². The minimum absolute atomic E-state index is 0.0540. The van der Waals surface area contributed by atoms with E-state index < -0.39 is 0 Å². The third-order valence-electron chi connectivity index (χ3n) is 8.76. The summed E-state index contributed by atoms with van der Waals surface area (Å²) in [4.78, 5) is 23.9. The van der Waals surface area contributed by atoms with Crippen LogP contribution in [0.15, 0.2) is 36.5 Å². The zero-order chi connectivity index (χ0) is 29.3. The van der Waals surface area contributed by atoms with Crippen molar-refractivity contribution in [3.8, 4) is 34.3 Å². The first kappa shape index (κ1) is 27.9. The van der Waals surface area contributed by atoms with Crippen LogP contribution in [0.4, 0.5) is 4.79 Å². The first-order valence-electron chi connectivity index (χ1n) is 15.1. The Hall–Kier alpha value is -3.86. The van der Waals surface area contributed by atoms with Crippen molar-refractivity contribution >= 4 is 34.5 Å². The minimum atomic E-state index is -0.0540. The van der Waals surface area contributed by atoms with Crippen molar-refractivity contribution in [3.63, 3.8) is 0 Å². The lowest BCUT2D eigenvalue weighted by Crippen LogP contribution is -2.40. The number of fused-ring (bicyclic) bond motifs is 6. The molecule has 0 saturated carbocycles. The Bertz CT molecular complexity index is 1560. The van der Waals surface area contributed by atoms with Gasteiger partial charge in [0.25, 0.3) is 0 Å². The highest BCUT2D eigenvalue weighted by atomic mass is 32.2. The number of unbranched alkanes of at least 4 members (excludes halogenated alkanes) is 1. The number of urea groups is 1. The van der Waals surface area contributed by atoms with Crippen molar-refractivity contribution in [2.45, 2.75) is 62.4 Å². The van der Waals surface area contributed by atoms with Crippen LogP contribution < -0.4 is 39.5 Å². The quantitative estimate of drug-likeness (QED) is 0.174. The van der Waals surface area contributed by atoms with Crippen LogP contribution in [0.25, 0.3) is 22.0 Å². The van der Waals surface area contributed by atoms with Crippen molar-refractivity contribution in [1.82, 2.24) is 16.0 Å². The van der Waals surface area contributed by atoms with Crippen molar-refractivity contribution in [2.24, 2.45) is 0 Å². The summed E-state index contributed by atoms with van der Waals surface area (Å²) in [5.41, 5.74) is 3.58. The lowest BCUT2D eigenvalue weighted by molar-refractivity contribution is -0.686. The number of nitrogens with one attached hydrogen (secondary N) is 3. The van der Waals surface area contributed by atoms with E-state index in [0.717, 1.165) is 65.9 Å². The lowest BCUT2D eigenvalue weighted by Gasteiger charge is -2.18. The van der Waals surface area contributed by atoms with E-state index in [1.54, 1.807) is 7.11 Å². The number of aryl methyl sites for hydroxylation is 2. The van der Waals surface area contributed by atoms with E-state index >= 15 is 0 Å². The highest BCUT2D eigenvalue weighted by molar-refractivity contribution is 8.00. The molecule has 4 aliphatic rings. The summed E-state index contributed by atoms with van der Waals surface area (Å²) in [6, 6.07) is 10.8. The van der Waals surface area contributed by atoms with Gasteiger partial charge in [-0.05, 0) is 54.5 Å². The van der Waals surface area contributed by atoms with Gasteiger partial charge in [-0.15, -0.1) is 0 Å². The molecule has 2 fully saturated rings. The van der Waals surface area contributed by atoms with Crippen molar-refractivity contribution < 1.29 is 33.1 Å². The van der Waals surface area contributed by atoms with E-state index in [1.165, 1.54) is 11.1 Å². The van der Waals surface area contributed by atoms with E-state index in [0.29, 0.717) is 42.7 Å². The smallest absolute Gasteiger partial charge is 0.315 e. The number of thioether (sulfide) groups is 1. The van der Waals surface area contributed by atoms with Gasteiger partial charge in [-0.3, -0.25) is 4.79 Å². The molecule has 0 aliphatic carbocycles. The zero-order valence-corrected chi connectivity index (χ0v) is 25.1. The first-order chi connectivity index (χ1) is 21.1. The molecule has 7 rings (SSSR count). The average Bonchev–Trinajstić information content (AvgIpc) is 3.73. The van der Waals surface area contributed by atoms with Crippen LogP contribution >= 0.6 is 11.8 Å². The fraction of sp³-hybridized carbons (Fsp3) is 0.469. The van der Waals surface area contributed by atoms with Gasteiger partial charge in [0, 0.05) is 36.5 Å². The molecule has 2 saturated heterocycles. The maximum absolute atomic E-state index is 12.3. The number of nitrogens with zero attached hydrogens (tertiary/aromatic N) is 1. The molecule has 4 aliphatic heterocycles. The van der Waals surface area contributed by atoms with E-state index in [2.05, 4.69) is 51.0 Å². The SMILES string of the molecule is COc1c(OCCCNC(=O)CCCC[C@@H]2SC[C@@H]3NC(=O)N[C@@H]32)ccc2cc3[n+](cc12)CCc1cc2c(cc1-3)OCO2. The molecule has 3 amide bonds. The van der Waals surface area contributed by atoms with Crippen molar-refractivity contribution in [3.05, 3.63) is 42.1 Å². The van der Waals surface area contributed by atoms with Crippen LogP contribution in [-0.2, 0) is 17.8 Å². The maximum atomic E-state index is 12.3. The maximum Gasteiger partial charge on any atom is 0.315 e. The molecule has 3 N–H and O–H groups in total. The predicted octanol–water partition coefficient (Wildman–Crippen LogP) is 3.70. The fourth-order valence-electron chi connectivity index (χ4n) is 6.57. The average molecular weight is 606 g/mol. The Morgan fingerprint density at radius 3 is 2.91 bits per heavy atom. The largest absolute Gasteiger partial charge is 0.492 e. The van der Waals surface area contributed by atoms with Crippen molar-refractivity contribution in [1.29, 1.82) is 0 Å². The summed E-state index contributed by atoms with van der Waals surface area (Å²) in [5.74, 6) is 4.06. The Morgan fingerprint density at radius 1 is 1.14 bits per heavy atom. The standard InChI is InChI=1S/C32H36N4O6S/c1-39-31-22-16-36-11-9-20-14-26-27(42-18-41-26)15-21(20)24(36)13-19(22)7-8-25(31)40-12-4-10-33-29(37)6-3-2-5-28-30-23(17-43-28)34-32(38)35-30/h7-8,13-16,23,28,30H,2-6,9-12,17-18H2,1H3,(H2-,33,34,35,37,38)/p+1/t23-,28-,30-/m0/s1. The number of carbonyl (C=O) groups is 2. The highest BCUT2D eigenvalue weighted by Gasteiger charge is 2.42. The Balaban J connectivity index is 0.893. The molecule has 10 nitrogen and oxygen atoms in total. The molecule has 3 atom stereocenters. The molecule has 43 heavy (non-hydrogen) atoms. The number of aromatic nitrogens is 1. The highest BCUT2D eigenvalue weighted by Crippen LogP contribution is 2.41. The summed E-state index contributed by atoms with van der Waals surface area (Å²) >= 11 is 1.91. The number of ether oxygens (including phenoxy) is 4. The monoisotopic (exact) mass is 605 g/mol. The molecule has 0 unspecified atom stereocenters. The normalized spacial score (nSPS) is 21.0. The van der Waals surface area contributed by atoms with Gasteiger partial charge in [0.15, 0.2) is 35.7 Å². The minimum Gasteiger partial charge on any atom is -0.492 e. The Kier molecular flexibility index (Phi) is 7.81. The number of hydrogen-bond acceptors (Lipinski definition) is 7. The Labute approximate surface area is 254 Å². The third-order valence-corrected chi connectivity index (χ3v) is 10.3. The number of rotatable bonds is 11. The Morgan fingerprint density at radius 2 is 2.02 bits per heavy atom. The summed E-state index contributed by atoms with van der Waals surface area (Å²) in [7, 11) is 1.67. The summed E-state index contributed by atoms with van der Waals surface area (Å²) in [6.45, 7) is 2.17. The van der Waals surface area contributed by atoms with Gasteiger partial charge < -0.3 is 34.9 Å². The van der Waals surface area contributed by atoms with E-state index in [1.807, 2.05) is 17.8 Å². The zero-order valence-electron chi connectivity index (χ0n) is 24.3. The molecule has 226 valence electrons. The van der Waals surface area contributed by atoms with Gasteiger partial charge >= 0.3 is 6.03 Å². The molecule has 1 aromatic heterocycles. The summed E-state index contributed by atoms with van der Waals surface area (Å²) in [5, 5.41) is 11.5. The van der Waals surface area contributed by atoms with Crippen LogP contribution in [0.2, 0.25) is 0 Å². The molecule has 0 spiro atoms. The number of amides is 3. The van der Waals surface area contributed by atoms with Crippen LogP contribution in [0.5, 0.6) is 23.0 Å². The van der Waals surface area contributed by atoms with Crippen LogP contribution in [-0.4, -0.2) is 62.1 Å². The first-order valence-corrected chi connectivity index (χ1v) is 16.2. The second kappa shape index (κ2) is 12.0. The van der Waals surface area contributed by atoms with Gasteiger partial charge in [-0.1, -0.05) is 6.42 Å². The van der Waals surface area contributed by atoms with Gasteiger partial charge in [0.1, 0.15) is 0 Å². The number of benzene rings is 2. The number of hydrogen-bond donors (Lipinski definition) is 3. The molecule has 11 heteroatoms. The van der Waals surface area contributed by atoms with Crippen LogP contribution in [0, 0.1) is 0 Å². The fourth-order valence-corrected chi connectivity index (χ4v) is 8.11. The summed E-state index contributed by atoms with van der Waals surface area (Å²) < 4.78 is 25.4. The molecular formula is C32H37N4O6S+. The number of pyridine rings is 1. The molecule has 2 aromatic carbocycles. The van der Waals surface area contributed by atoms with Crippen LogP contribution in [0.3, 0.4) is 0 Å². The molecule has 0 bridgehead atoms. The number of methoxy groups -OCH3 is 1. The second-order valence-corrected chi connectivity index (χ2v) is 12.8. The van der Waals surface area contributed by atoms with Gasteiger partial charge in [-0.25, -0.2) is 4.79 Å². The lowest BCUT2D eigenvalue weighted by atomic mass is 9.95. The molecule has 5 heterocycles. The molecule has 0 radical (unpaired) electrons. The summed E-state index contributed by atoms with van der Waals surface area (Å²) in [6.07, 6.45) is 7.13. The van der Waals surface area contributed by atoms with Gasteiger partial charge in [-0.2, -0.15) is 16.3 Å². The molecule has 3 aromatic rings. The topological polar surface area (TPSA) is 111 Å². The predicted molar refractivity (Wildman–Crippen MR) is 163 cm³/mol. The van der Waals surface area contributed by atoms with Gasteiger partial charge in [0.05, 0.1) is 36.8 Å². The van der Waals surface area contributed by atoms with Gasteiger partial charge in [0.2, 0.25) is 18.4 Å². The van der Waals surface area contributed by atoms with E-state index in [-0.39, 0.29) is 30.8 Å². The van der Waals surface area contributed by atoms with Crippen LogP contribution in [0.1, 0.15) is 37.7 Å².